The molecule has 0 aliphatic heterocycles. The Hall–Kier alpha value is -2.41. The summed E-state index contributed by atoms with van der Waals surface area (Å²) < 4.78 is 0. The van der Waals surface area contributed by atoms with E-state index in [1.165, 1.54) is 0 Å². The minimum absolute atomic E-state index is 0.0458. The number of benzene rings is 1. The Labute approximate surface area is 173 Å². The highest BCUT2D eigenvalue weighted by molar-refractivity contribution is 5.92. The number of amides is 2. The average Bonchev–Trinajstić information content (AvgIpc) is 2.65. The molecule has 0 spiro atoms. The fraction of sp³-hybridized carbons (Fsp3) is 0.591. The zero-order valence-electron chi connectivity index (χ0n) is 18.1. The summed E-state index contributed by atoms with van der Waals surface area (Å²) in [5.41, 5.74) is 0.881. The molecular formula is C22H35N3O4. The van der Waals surface area contributed by atoms with Crippen LogP contribution in [0.5, 0.6) is 0 Å². The van der Waals surface area contributed by atoms with Crippen molar-refractivity contribution in [3.8, 4) is 0 Å². The van der Waals surface area contributed by atoms with Gasteiger partial charge in [0.15, 0.2) is 0 Å². The second-order valence-corrected chi connectivity index (χ2v) is 8.00. The van der Waals surface area contributed by atoms with E-state index in [1.54, 1.807) is 13.8 Å². The fourth-order valence-electron chi connectivity index (χ4n) is 3.02. The zero-order valence-corrected chi connectivity index (χ0v) is 18.1. The van der Waals surface area contributed by atoms with E-state index in [0.29, 0.717) is 6.54 Å². The van der Waals surface area contributed by atoms with Crippen molar-refractivity contribution in [2.24, 2.45) is 11.8 Å². The van der Waals surface area contributed by atoms with Crippen molar-refractivity contribution in [3.05, 3.63) is 35.9 Å². The Morgan fingerprint density at radius 1 is 0.897 bits per heavy atom. The largest absolute Gasteiger partial charge is 0.480 e. The van der Waals surface area contributed by atoms with Crippen LogP contribution in [0.4, 0.5) is 0 Å². The maximum Gasteiger partial charge on any atom is 0.326 e. The molecule has 1 aromatic carbocycles. The maximum atomic E-state index is 12.9. The maximum absolute atomic E-state index is 12.9. The summed E-state index contributed by atoms with van der Waals surface area (Å²) in [7, 11) is 0. The van der Waals surface area contributed by atoms with E-state index in [-0.39, 0.29) is 24.2 Å². The first kappa shape index (κ1) is 24.6. The minimum Gasteiger partial charge on any atom is -0.480 e. The molecule has 0 aromatic heterocycles. The van der Waals surface area contributed by atoms with E-state index in [4.69, 9.17) is 0 Å². The molecule has 0 aliphatic rings. The van der Waals surface area contributed by atoms with Crippen molar-refractivity contribution >= 4 is 17.8 Å². The van der Waals surface area contributed by atoms with Crippen molar-refractivity contribution in [2.45, 2.75) is 65.6 Å². The highest BCUT2D eigenvalue weighted by Crippen LogP contribution is 2.08. The summed E-state index contributed by atoms with van der Waals surface area (Å²) in [5, 5.41) is 18.0. The van der Waals surface area contributed by atoms with Crippen LogP contribution in [-0.2, 0) is 20.8 Å². The van der Waals surface area contributed by atoms with Crippen LogP contribution >= 0.6 is 0 Å². The predicted octanol–water partition coefficient (Wildman–Crippen LogP) is 1.96. The van der Waals surface area contributed by atoms with E-state index in [9.17, 15) is 19.5 Å². The minimum atomic E-state index is -1.09. The number of carboxylic acid groups (broad SMARTS) is 1. The molecule has 0 aliphatic carbocycles. The number of carbonyl (C=O) groups excluding carboxylic acids is 2. The van der Waals surface area contributed by atoms with E-state index in [0.717, 1.165) is 12.0 Å². The van der Waals surface area contributed by atoms with Gasteiger partial charge in [0.2, 0.25) is 11.8 Å². The van der Waals surface area contributed by atoms with E-state index in [2.05, 4.69) is 16.0 Å². The standard InChI is InChI=1S/C22H35N3O4/c1-6-12-23-18(14(2)3)21(27)24-17(13-16-10-8-7-9-11-16)20(26)25-19(15(4)5)22(28)29/h7-11,14-15,17-19,23H,6,12-13H2,1-5H3,(H,24,27)(H,25,26)(H,28,29)/t17-,18-,19-/m0/s1. The predicted molar refractivity (Wildman–Crippen MR) is 113 cm³/mol. The van der Waals surface area contributed by atoms with E-state index >= 15 is 0 Å². The molecule has 0 fully saturated rings. The van der Waals surface area contributed by atoms with Crippen LogP contribution in [0.2, 0.25) is 0 Å². The first-order chi connectivity index (χ1) is 13.7. The molecule has 0 saturated carbocycles. The van der Waals surface area contributed by atoms with Gasteiger partial charge in [-0.25, -0.2) is 4.79 Å². The number of carboxylic acids is 1. The fourth-order valence-corrected chi connectivity index (χ4v) is 3.02. The van der Waals surface area contributed by atoms with Gasteiger partial charge in [0.25, 0.3) is 0 Å². The molecule has 0 bridgehead atoms. The summed E-state index contributed by atoms with van der Waals surface area (Å²) in [6.45, 7) is 10.1. The van der Waals surface area contributed by atoms with Crippen molar-refractivity contribution in [1.82, 2.24) is 16.0 Å². The van der Waals surface area contributed by atoms with Gasteiger partial charge in [-0.3, -0.25) is 9.59 Å². The van der Waals surface area contributed by atoms with Gasteiger partial charge in [0.1, 0.15) is 12.1 Å². The SMILES string of the molecule is CCCN[C@H](C(=O)N[C@@H](Cc1ccccc1)C(=O)N[C@H](C(=O)O)C(C)C)C(C)C. The lowest BCUT2D eigenvalue weighted by atomic mass is 9.99. The number of aliphatic carboxylic acids is 1. The molecule has 1 rings (SSSR count). The summed E-state index contributed by atoms with van der Waals surface area (Å²) in [4.78, 5) is 37.3. The van der Waals surface area contributed by atoms with Crippen LogP contribution in [0, 0.1) is 11.8 Å². The quantitative estimate of drug-likeness (QED) is 0.425. The van der Waals surface area contributed by atoms with Crippen LogP contribution in [0.1, 0.15) is 46.6 Å². The molecule has 3 atom stereocenters. The number of hydrogen-bond donors (Lipinski definition) is 4. The van der Waals surface area contributed by atoms with Gasteiger partial charge in [0, 0.05) is 6.42 Å². The molecule has 0 unspecified atom stereocenters. The molecule has 0 radical (unpaired) electrons. The zero-order chi connectivity index (χ0) is 22.0. The smallest absolute Gasteiger partial charge is 0.326 e. The third-order valence-corrected chi connectivity index (χ3v) is 4.71. The first-order valence-electron chi connectivity index (χ1n) is 10.3. The lowest BCUT2D eigenvalue weighted by Crippen LogP contribution is -2.57. The van der Waals surface area contributed by atoms with Gasteiger partial charge in [-0.1, -0.05) is 65.0 Å². The molecule has 162 valence electrons. The Balaban J connectivity index is 3.02. The van der Waals surface area contributed by atoms with Gasteiger partial charge in [-0.2, -0.15) is 0 Å². The van der Waals surface area contributed by atoms with Gasteiger partial charge < -0.3 is 21.1 Å². The van der Waals surface area contributed by atoms with Crippen LogP contribution in [-0.4, -0.2) is 47.6 Å². The van der Waals surface area contributed by atoms with Gasteiger partial charge in [0.05, 0.1) is 6.04 Å². The summed E-state index contributed by atoms with van der Waals surface area (Å²) >= 11 is 0. The number of hydrogen-bond acceptors (Lipinski definition) is 4. The van der Waals surface area contributed by atoms with Crippen molar-refractivity contribution in [2.75, 3.05) is 6.54 Å². The van der Waals surface area contributed by atoms with Gasteiger partial charge in [-0.15, -0.1) is 0 Å². The molecule has 7 nitrogen and oxygen atoms in total. The number of carbonyl (C=O) groups is 3. The van der Waals surface area contributed by atoms with Crippen molar-refractivity contribution in [3.63, 3.8) is 0 Å². The van der Waals surface area contributed by atoms with Crippen molar-refractivity contribution in [1.29, 1.82) is 0 Å². The third-order valence-electron chi connectivity index (χ3n) is 4.71. The molecule has 4 N–H and O–H groups in total. The van der Waals surface area contributed by atoms with Crippen LogP contribution in [0.3, 0.4) is 0 Å². The lowest BCUT2D eigenvalue weighted by molar-refractivity contribution is -0.143. The topological polar surface area (TPSA) is 108 Å². The van der Waals surface area contributed by atoms with Gasteiger partial charge >= 0.3 is 5.97 Å². The third kappa shape index (κ3) is 8.23. The van der Waals surface area contributed by atoms with Crippen LogP contribution in [0.15, 0.2) is 30.3 Å². The average molecular weight is 406 g/mol. The molecule has 1 aromatic rings. The number of rotatable bonds is 12. The summed E-state index contributed by atoms with van der Waals surface area (Å²) in [6.07, 6.45) is 1.17. The molecule has 29 heavy (non-hydrogen) atoms. The van der Waals surface area contributed by atoms with E-state index in [1.807, 2.05) is 51.1 Å². The van der Waals surface area contributed by atoms with Crippen LogP contribution < -0.4 is 16.0 Å². The molecule has 2 amide bonds. The second-order valence-electron chi connectivity index (χ2n) is 8.00. The number of nitrogens with one attached hydrogen (secondary N) is 3. The Bertz CT molecular complexity index is 661. The molecule has 0 heterocycles. The molecule has 7 heteroatoms. The van der Waals surface area contributed by atoms with Crippen molar-refractivity contribution < 1.29 is 19.5 Å². The Morgan fingerprint density at radius 2 is 1.48 bits per heavy atom. The Morgan fingerprint density at radius 3 is 1.97 bits per heavy atom. The normalized spacial score (nSPS) is 14.3. The lowest BCUT2D eigenvalue weighted by Gasteiger charge is -2.27. The molecular weight excluding hydrogens is 370 g/mol. The highest BCUT2D eigenvalue weighted by Gasteiger charge is 2.31. The summed E-state index contributed by atoms with van der Waals surface area (Å²) in [5.74, 6) is -2.09. The first-order valence-corrected chi connectivity index (χ1v) is 10.3. The van der Waals surface area contributed by atoms with Gasteiger partial charge in [-0.05, 0) is 30.4 Å². The highest BCUT2D eigenvalue weighted by atomic mass is 16.4. The second kappa shape index (κ2) is 12.2. The van der Waals surface area contributed by atoms with E-state index < -0.39 is 30.0 Å². The molecule has 0 saturated heterocycles. The Kier molecular flexibility index (Phi) is 10.4. The summed E-state index contributed by atoms with van der Waals surface area (Å²) in [6, 6.07) is 7.03. The van der Waals surface area contributed by atoms with Crippen LogP contribution in [0.25, 0.3) is 0 Å². The monoisotopic (exact) mass is 405 g/mol.